The second-order valence-electron chi connectivity index (χ2n) is 8.03. The fraction of sp³-hybridized carbons (Fsp3) is 0.391. The van der Waals surface area contributed by atoms with Gasteiger partial charge < -0.3 is 19.1 Å². The van der Waals surface area contributed by atoms with E-state index in [1.807, 2.05) is 25.2 Å². The normalized spacial score (nSPS) is 19.6. The van der Waals surface area contributed by atoms with Crippen molar-refractivity contribution in [3.05, 3.63) is 53.8 Å². The fourth-order valence-corrected chi connectivity index (χ4v) is 4.62. The van der Waals surface area contributed by atoms with Crippen molar-refractivity contribution in [3.8, 4) is 11.4 Å². The van der Waals surface area contributed by atoms with Gasteiger partial charge in [-0.3, -0.25) is 0 Å². The Morgan fingerprint density at radius 3 is 2.73 bits per heavy atom. The monoisotopic (exact) mass is 423 g/mol. The van der Waals surface area contributed by atoms with Gasteiger partial charge in [-0.15, -0.1) is 0 Å². The number of hydrogen-bond acceptors (Lipinski definition) is 5. The number of aryl methyl sites for hydroxylation is 1. The molecule has 6 nitrogen and oxygen atoms in total. The molecule has 1 unspecified atom stereocenters. The summed E-state index contributed by atoms with van der Waals surface area (Å²) in [5.74, 6) is 2.27. The minimum atomic E-state index is 0.467. The Kier molecular flexibility index (Phi) is 5.13. The van der Waals surface area contributed by atoms with Crippen LogP contribution < -0.4 is 4.90 Å². The molecule has 7 heteroatoms. The summed E-state index contributed by atoms with van der Waals surface area (Å²) in [6.45, 7) is 9.70. The van der Waals surface area contributed by atoms with Crippen LogP contribution >= 0.6 is 11.6 Å². The number of halogens is 1. The van der Waals surface area contributed by atoms with Crippen molar-refractivity contribution in [2.45, 2.75) is 6.42 Å². The van der Waals surface area contributed by atoms with Crippen molar-refractivity contribution in [1.29, 1.82) is 0 Å². The molecule has 156 valence electrons. The van der Waals surface area contributed by atoms with E-state index in [1.165, 1.54) is 5.70 Å². The number of ether oxygens (including phenoxy) is 1. The van der Waals surface area contributed by atoms with Gasteiger partial charge in [-0.2, -0.15) is 0 Å². The van der Waals surface area contributed by atoms with Crippen LogP contribution in [0.25, 0.3) is 22.4 Å². The number of piperazine rings is 1. The van der Waals surface area contributed by atoms with Crippen LogP contribution in [0.1, 0.15) is 6.42 Å². The summed E-state index contributed by atoms with van der Waals surface area (Å²) in [6.07, 6.45) is 2.83. The standard InChI is InChI=1S/C23H26ClN5O/c1-16(17-7-12-30-15-17)28-8-10-29(11-9-28)22-13-18(19(24)14-25-22)23-26-20-5-3-4-6-21(20)27(23)2/h3-6,13-14,17H,1,7-12,15H2,2H3. The Morgan fingerprint density at radius 1 is 1.20 bits per heavy atom. The SMILES string of the molecule is C=C(C1CCOC1)N1CCN(c2cc(-c3nc4ccccc4n3C)c(Cl)cn2)CC1. The molecule has 0 radical (unpaired) electrons. The molecule has 2 aromatic heterocycles. The topological polar surface area (TPSA) is 46.4 Å². The highest BCUT2D eigenvalue weighted by Crippen LogP contribution is 2.32. The number of para-hydroxylation sites is 2. The molecule has 5 rings (SSSR count). The predicted octanol–water partition coefficient (Wildman–Crippen LogP) is 3.96. The molecule has 0 aliphatic carbocycles. The van der Waals surface area contributed by atoms with E-state index in [1.54, 1.807) is 6.20 Å². The fourth-order valence-electron chi connectivity index (χ4n) is 4.44. The van der Waals surface area contributed by atoms with E-state index in [-0.39, 0.29) is 0 Å². The maximum atomic E-state index is 6.54. The smallest absolute Gasteiger partial charge is 0.142 e. The van der Waals surface area contributed by atoms with Gasteiger partial charge in [0.25, 0.3) is 0 Å². The Labute approximate surface area is 181 Å². The van der Waals surface area contributed by atoms with Crippen LogP contribution in [0.15, 0.2) is 48.8 Å². The summed E-state index contributed by atoms with van der Waals surface area (Å²) in [5, 5.41) is 0.616. The van der Waals surface area contributed by atoms with Gasteiger partial charge in [0.05, 0.1) is 22.7 Å². The van der Waals surface area contributed by atoms with Crippen molar-refractivity contribution < 1.29 is 4.74 Å². The number of nitrogens with zero attached hydrogens (tertiary/aromatic N) is 5. The Bertz CT molecular complexity index is 1080. The van der Waals surface area contributed by atoms with Crippen molar-refractivity contribution >= 4 is 28.5 Å². The van der Waals surface area contributed by atoms with Crippen LogP contribution in [0.3, 0.4) is 0 Å². The summed E-state index contributed by atoms with van der Waals surface area (Å²) in [7, 11) is 2.03. The quantitative estimate of drug-likeness (QED) is 0.635. The van der Waals surface area contributed by atoms with Gasteiger partial charge in [-0.25, -0.2) is 9.97 Å². The molecule has 4 heterocycles. The number of benzene rings is 1. The Balaban J connectivity index is 1.36. The number of pyridine rings is 1. The van der Waals surface area contributed by atoms with Crippen LogP contribution in [0.2, 0.25) is 5.02 Å². The molecule has 0 bridgehead atoms. The van der Waals surface area contributed by atoms with Gasteiger partial charge in [0, 0.05) is 63.2 Å². The third-order valence-electron chi connectivity index (χ3n) is 6.28. The number of rotatable bonds is 4. The molecular formula is C23H26ClN5O. The van der Waals surface area contributed by atoms with E-state index < -0.39 is 0 Å². The molecule has 0 N–H and O–H groups in total. The van der Waals surface area contributed by atoms with Crippen LogP contribution in [0, 0.1) is 5.92 Å². The molecular weight excluding hydrogens is 398 g/mol. The van der Waals surface area contributed by atoms with E-state index in [9.17, 15) is 0 Å². The number of imidazole rings is 1. The molecule has 1 aromatic carbocycles. The minimum Gasteiger partial charge on any atom is -0.381 e. The molecule has 1 atom stereocenters. The molecule has 0 spiro atoms. The third-order valence-corrected chi connectivity index (χ3v) is 6.58. The highest BCUT2D eigenvalue weighted by Gasteiger charge is 2.26. The summed E-state index contributed by atoms with van der Waals surface area (Å²) in [4.78, 5) is 14.1. The molecule has 2 aliphatic rings. The number of fused-ring (bicyclic) bond motifs is 1. The first kappa shape index (κ1) is 19.4. The lowest BCUT2D eigenvalue weighted by Crippen LogP contribution is -2.47. The second-order valence-corrected chi connectivity index (χ2v) is 8.44. The molecule has 0 amide bonds. The zero-order valence-electron chi connectivity index (χ0n) is 17.2. The van der Waals surface area contributed by atoms with Gasteiger partial charge in [-0.1, -0.05) is 30.3 Å². The highest BCUT2D eigenvalue weighted by molar-refractivity contribution is 6.33. The van der Waals surface area contributed by atoms with E-state index >= 15 is 0 Å². The van der Waals surface area contributed by atoms with Crippen LogP contribution in [-0.4, -0.2) is 58.8 Å². The van der Waals surface area contributed by atoms with Crippen LogP contribution in [-0.2, 0) is 11.8 Å². The van der Waals surface area contributed by atoms with Crippen molar-refractivity contribution in [1.82, 2.24) is 19.4 Å². The average molecular weight is 424 g/mol. The third kappa shape index (κ3) is 3.44. The predicted molar refractivity (Wildman–Crippen MR) is 121 cm³/mol. The molecule has 0 saturated carbocycles. The molecule has 2 saturated heterocycles. The summed E-state index contributed by atoms with van der Waals surface area (Å²) < 4.78 is 7.62. The lowest BCUT2D eigenvalue weighted by Gasteiger charge is -2.39. The molecule has 30 heavy (non-hydrogen) atoms. The van der Waals surface area contributed by atoms with Crippen molar-refractivity contribution in [2.24, 2.45) is 13.0 Å². The van der Waals surface area contributed by atoms with Crippen molar-refractivity contribution in [2.75, 3.05) is 44.3 Å². The van der Waals surface area contributed by atoms with Crippen molar-refractivity contribution in [3.63, 3.8) is 0 Å². The van der Waals surface area contributed by atoms with Gasteiger partial charge in [0.2, 0.25) is 0 Å². The van der Waals surface area contributed by atoms with E-state index in [2.05, 4.69) is 38.1 Å². The summed E-state index contributed by atoms with van der Waals surface area (Å²) in [6, 6.07) is 10.2. The first-order valence-corrected chi connectivity index (χ1v) is 10.8. The van der Waals surface area contributed by atoms with E-state index in [0.717, 1.165) is 74.1 Å². The second kappa shape index (κ2) is 7.93. The van der Waals surface area contributed by atoms with Gasteiger partial charge >= 0.3 is 0 Å². The largest absolute Gasteiger partial charge is 0.381 e. The number of anilines is 1. The molecule has 2 fully saturated rings. The maximum absolute atomic E-state index is 6.54. The van der Waals surface area contributed by atoms with Crippen LogP contribution in [0.5, 0.6) is 0 Å². The van der Waals surface area contributed by atoms with Gasteiger partial charge in [-0.05, 0) is 24.6 Å². The first-order chi connectivity index (χ1) is 14.6. The summed E-state index contributed by atoms with van der Waals surface area (Å²) in [5.41, 5.74) is 4.18. The zero-order chi connectivity index (χ0) is 20.7. The van der Waals surface area contributed by atoms with Gasteiger partial charge in [0.15, 0.2) is 0 Å². The van der Waals surface area contributed by atoms with Gasteiger partial charge in [0.1, 0.15) is 11.6 Å². The lowest BCUT2D eigenvalue weighted by atomic mass is 10.0. The molecule has 2 aliphatic heterocycles. The number of hydrogen-bond donors (Lipinski definition) is 0. The Morgan fingerprint density at radius 2 is 2.00 bits per heavy atom. The Hall–Kier alpha value is -2.57. The first-order valence-electron chi connectivity index (χ1n) is 10.5. The minimum absolute atomic E-state index is 0.467. The maximum Gasteiger partial charge on any atom is 0.142 e. The van der Waals surface area contributed by atoms with E-state index in [0.29, 0.717) is 10.9 Å². The average Bonchev–Trinajstić information content (AvgIpc) is 3.43. The highest BCUT2D eigenvalue weighted by atomic mass is 35.5. The van der Waals surface area contributed by atoms with E-state index in [4.69, 9.17) is 21.3 Å². The lowest BCUT2D eigenvalue weighted by molar-refractivity contribution is 0.182. The van der Waals surface area contributed by atoms with Crippen LogP contribution in [0.4, 0.5) is 5.82 Å². The summed E-state index contributed by atoms with van der Waals surface area (Å²) >= 11 is 6.54. The molecule has 3 aromatic rings. The number of aromatic nitrogens is 3. The zero-order valence-corrected chi connectivity index (χ0v) is 18.0.